The third-order valence-corrected chi connectivity index (χ3v) is 4.50. The Hall–Kier alpha value is -2.64. The first-order valence-electron chi connectivity index (χ1n) is 9.68. The van der Waals surface area contributed by atoms with Gasteiger partial charge in [0.2, 0.25) is 0 Å². The Kier molecular flexibility index (Phi) is 8.22. The summed E-state index contributed by atoms with van der Waals surface area (Å²) in [6, 6.07) is 9.53. The molecule has 2 N–H and O–H groups in total. The number of benzene rings is 1. The molecule has 0 saturated heterocycles. The lowest BCUT2D eigenvalue weighted by atomic mass is 10.1. The number of esters is 1. The predicted octanol–water partition coefficient (Wildman–Crippen LogP) is 3.05. The van der Waals surface area contributed by atoms with E-state index < -0.39 is 5.97 Å². The minimum absolute atomic E-state index is 0.286. The van der Waals surface area contributed by atoms with E-state index in [1.165, 1.54) is 0 Å². The van der Waals surface area contributed by atoms with Crippen molar-refractivity contribution >= 4 is 27.8 Å². The maximum Gasteiger partial charge on any atom is 0.356 e. The molecule has 0 bridgehead atoms. The molecule has 0 aliphatic rings. The normalized spacial score (nSPS) is 10.9. The minimum Gasteiger partial charge on any atom is -0.460 e. The van der Waals surface area contributed by atoms with Gasteiger partial charge in [0.1, 0.15) is 12.3 Å². The van der Waals surface area contributed by atoms with E-state index >= 15 is 0 Å². The molecule has 3 rings (SSSR count). The van der Waals surface area contributed by atoms with E-state index in [0.29, 0.717) is 19.8 Å². The van der Waals surface area contributed by atoms with Crippen LogP contribution in [0.25, 0.3) is 21.8 Å². The minimum atomic E-state index is -0.427. The first kappa shape index (κ1) is 21.7. The Labute approximate surface area is 166 Å². The number of nitrogens with two attached hydrogens (primary N) is 1. The fourth-order valence-electron chi connectivity index (χ4n) is 3.00. The fraction of sp³-hybridized carbons (Fsp3) is 0.429. The summed E-state index contributed by atoms with van der Waals surface area (Å²) in [5, 5.41) is 1.87. The van der Waals surface area contributed by atoms with Crippen LogP contribution >= 0.6 is 0 Å². The molecule has 0 amide bonds. The van der Waals surface area contributed by atoms with E-state index in [9.17, 15) is 4.79 Å². The largest absolute Gasteiger partial charge is 0.460 e. The van der Waals surface area contributed by atoms with Gasteiger partial charge in [-0.05, 0) is 18.7 Å². The Morgan fingerprint density at radius 3 is 2.57 bits per heavy atom. The van der Waals surface area contributed by atoms with Crippen molar-refractivity contribution in [3.8, 4) is 0 Å². The van der Waals surface area contributed by atoms with Crippen molar-refractivity contribution in [3.05, 3.63) is 42.2 Å². The first-order valence-corrected chi connectivity index (χ1v) is 9.68. The lowest BCUT2D eigenvalue weighted by molar-refractivity contribution is 0.0443. The highest BCUT2D eigenvalue weighted by Crippen LogP contribution is 2.27. The lowest BCUT2D eigenvalue weighted by Crippen LogP contribution is -2.31. The Morgan fingerprint density at radius 1 is 1.14 bits per heavy atom. The highest BCUT2D eigenvalue weighted by Gasteiger charge is 2.15. The van der Waals surface area contributed by atoms with Crippen molar-refractivity contribution in [3.63, 3.8) is 0 Å². The van der Waals surface area contributed by atoms with Gasteiger partial charge in [0, 0.05) is 31.0 Å². The molecule has 1 aromatic carbocycles. The molecule has 0 spiro atoms. The van der Waals surface area contributed by atoms with E-state index in [-0.39, 0.29) is 5.69 Å². The van der Waals surface area contributed by atoms with Gasteiger partial charge in [0.25, 0.3) is 0 Å². The van der Waals surface area contributed by atoms with Crippen LogP contribution in [0.3, 0.4) is 0 Å². The van der Waals surface area contributed by atoms with Crippen LogP contribution in [0.1, 0.15) is 31.3 Å². The van der Waals surface area contributed by atoms with Crippen molar-refractivity contribution in [2.45, 2.75) is 20.8 Å². The van der Waals surface area contributed by atoms with E-state index in [4.69, 9.17) is 15.3 Å². The number of hydrogen-bond donors (Lipinski definition) is 1. The second kappa shape index (κ2) is 10.6. The number of fused-ring (bicyclic) bond motifs is 3. The quantitative estimate of drug-likeness (QED) is 0.473. The molecule has 0 aliphatic heterocycles. The van der Waals surface area contributed by atoms with Gasteiger partial charge in [0.05, 0.1) is 23.8 Å². The van der Waals surface area contributed by atoms with Crippen LogP contribution < -0.4 is 5.84 Å². The van der Waals surface area contributed by atoms with Gasteiger partial charge >= 0.3 is 5.97 Å². The molecule has 7 nitrogen and oxygen atoms in total. The second-order valence-corrected chi connectivity index (χ2v) is 6.04. The summed E-state index contributed by atoms with van der Waals surface area (Å²) < 4.78 is 12.0. The van der Waals surface area contributed by atoms with Gasteiger partial charge in [-0.3, -0.25) is 9.58 Å². The average Bonchev–Trinajstić information content (AvgIpc) is 3.04. The topological polar surface area (TPSA) is 82.6 Å². The fourth-order valence-corrected chi connectivity index (χ4v) is 3.00. The number of carbonyl (C=O) groups excluding carboxylic acids is 1. The number of ether oxygens (including phenoxy) is 2. The molecular formula is C21H30N4O3. The van der Waals surface area contributed by atoms with Gasteiger partial charge in [-0.1, -0.05) is 39.0 Å². The van der Waals surface area contributed by atoms with Crippen LogP contribution in [0.2, 0.25) is 0 Å². The average molecular weight is 386 g/mol. The lowest BCUT2D eigenvalue weighted by Gasteiger charge is -2.19. The molecule has 0 aliphatic carbocycles. The molecule has 2 aromatic heterocycles. The number of methoxy groups -OCH3 is 1. The highest BCUT2D eigenvalue weighted by molar-refractivity contribution is 6.09. The Balaban J connectivity index is 0.00000136. The summed E-state index contributed by atoms with van der Waals surface area (Å²) in [5.41, 5.74) is 1.96. The van der Waals surface area contributed by atoms with Crippen molar-refractivity contribution in [2.24, 2.45) is 0 Å². The number of nitrogen functional groups attached to an aromatic ring is 1. The van der Waals surface area contributed by atoms with Crippen LogP contribution in [0.5, 0.6) is 0 Å². The van der Waals surface area contributed by atoms with Gasteiger partial charge in [-0.2, -0.15) is 0 Å². The third kappa shape index (κ3) is 4.79. The zero-order valence-corrected chi connectivity index (χ0v) is 17.1. The SMILES string of the molecule is CC.CCN(CCOC)CCOC(=O)c1cc2c3ccccc3n(N)c2cn1. The van der Waals surface area contributed by atoms with Crippen LogP contribution in [0.15, 0.2) is 36.5 Å². The summed E-state index contributed by atoms with van der Waals surface area (Å²) in [6.07, 6.45) is 1.61. The van der Waals surface area contributed by atoms with Gasteiger partial charge in [-0.25, -0.2) is 9.78 Å². The number of carbonyl (C=O) groups is 1. The maximum absolute atomic E-state index is 12.3. The molecule has 152 valence electrons. The highest BCUT2D eigenvalue weighted by atomic mass is 16.5. The van der Waals surface area contributed by atoms with Crippen LogP contribution in [0, 0.1) is 0 Å². The van der Waals surface area contributed by atoms with Crippen molar-refractivity contribution in [1.82, 2.24) is 14.6 Å². The monoisotopic (exact) mass is 386 g/mol. The number of para-hydroxylation sites is 1. The number of rotatable bonds is 8. The summed E-state index contributed by atoms with van der Waals surface area (Å²) in [7, 11) is 1.67. The number of hydrogen-bond acceptors (Lipinski definition) is 6. The molecule has 2 heterocycles. The molecule has 0 atom stereocenters. The van der Waals surface area contributed by atoms with Gasteiger partial charge < -0.3 is 15.3 Å². The zero-order valence-electron chi connectivity index (χ0n) is 17.1. The van der Waals surface area contributed by atoms with Crippen LogP contribution in [-0.2, 0) is 9.47 Å². The number of aromatic nitrogens is 2. The molecular weight excluding hydrogens is 356 g/mol. The summed E-state index contributed by atoms with van der Waals surface area (Å²) in [6.45, 7) is 9.38. The number of pyridine rings is 1. The molecule has 0 saturated carbocycles. The summed E-state index contributed by atoms with van der Waals surface area (Å²) >= 11 is 0. The van der Waals surface area contributed by atoms with Crippen molar-refractivity contribution < 1.29 is 14.3 Å². The molecule has 0 fully saturated rings. The number of likely N-dealkylation sites (N-methyl/N-ethyl adjacent to an activating group) is 1. The Bertz CT molecular complexity index is 907. The van der Waals surface area contributed by atoms with Gasteiger partial charge in [0.15, 0.2) is 0 Å². The zero-order chi connectivity index (χ0) is 20.5. The third-order valence-electron chi connectivity index (χ3n) is 4.50. The predicted molar refractivity (Wildman–Crippen MR) is 113 cm³/mol. The standard InChI is InChI=1S/C19H24N4O3.C2H6/c1-3-22(8-10-25-2)9-11-26-19(24)16-12-15-14-6-4-5-7-17(14)23(20)18(15)13-21-16;1-2/h4-7,12-13H,3,8-11,20H2,1-2H3;1-2H3. The molecule has 28 heavy (non-hydrogen) atoms. The molecule has 0 radical (unpaired) electrons. The second-order valence-electron chi connectivity index (χ2n) is 6.04. The van der Waals surface area contributed by atoms with Crippen molar-refractivity contribution in [2.75, 3.05) is 45.8 Å². The molecule has 7 heteroatoms. The molecule has 3 aromatic rings. The number of nitrogens with zero attached hydrogens (tertiary/aromatic N) is 3. The Morgan fingerprint density at radius 2 is 1.86 bits per heavy atom. The smallest absolute Gasteiger partial charge is 0.356 e. The summed E-state index contributed by atoms with van der Waals surface area (Å²) in [5.74, 6) is 5.69. The van der Waals surface area contributed by atoms with Crippen LogP contribution in [-0.4, -0.2) is 60.5 Å². The van der Waals surface area contributed by atoms with Crippen molar-refractivity contribution in [1.29, 1.82) is 0 Å². The molecule has 0 unspecified atom stereocenters. The van der Waals surface area contributed by atoms with E-state index in [1.54, 1.807) is 24.0 Å². The van der Waals surface area contributed by atoms with E-state index in [2.05, 4.69) is 16.8 Å². The summed E-state index contributed by atoms with van der Waals surface area (Å²) in [4.78, 5) is 18.7. The first-order chi connectivity index (χ1) is 13.7. The van der Waals surface area contributed by atoms with Crippen LogP contribution in [0.4, 0.5) is 0 Å². The van der Waals surface area contributed by atoms with E-state index in [1.807, 2.05) is 38.1 Å². The van der Waals surface area contributed by atoms with Gasteiger partial charge in [-0.15, -0.1) is 0 Å². The maximum atomic E-state index is 12.3. The van der Waals surface area contributed by atoms with E-state index in [0.717, 1.165) is 34.9 Å².